The molecule has 0 saturated carbocycles. The molecule has 0 fully saturated rings. The molecule has 1 unspecified atom stereocenters. The van der Waals surface area contributed by atoms with Gasteiger partial charge in [-0.15, -0.1) is 24.5 Å². The van der Waals surface area contributed by atoms with Crippen molar-refractivity contribution in [3.63, 3.8) is 0 Å². The Labute approximate surface area is 223 Å². The molecule has 1 N–H and O–H groups in total. The lowest BCUT2D eigenvalue weighted by Crippen LogP contribution is -2.25. The second kappa shape index (κ2) is 12.8. The van der Waals surface area contributed by atoms with E-state index < -0.39 is 6.36 Å². The van der Waals surface area contributed by atoms with E-state index in [9.17, 15) is 22.8 Å². The second-order valence-electron chi connectivity index (χ2n) is 8.97. The van der Waals surface area contributed by atoms with Crippen LogP contribution in [0.4, 0.5) is 13.2 Å². The van der Waals surface area contributed by atoms with Crippen LogP contribution in [0.1, 0.15) is 39.0 Å². The molecule has 0 spiro atoms. The number of aryl methyl sites for hydroxylation is 2. The van der Waals surface area contributed by atoms with E-state index in [1.807, 2.05) is 32.0 Å². The predicted octanol–water partition coefficient (Wildman–Crippen LogP) is 6.48. The summed E-state index contributed by atoms with van der Waals surface area (Å²) in [6.45, 7) is 6.62. The Hall–Kier alpha value is -3.53. The number of nitrogens with one attached hydrogen (secondary N) is 1. The molecular formula is C28H30F3NO5S. The maximum atomic E-state index is 12.4. The minimum Gasteiger partial charge on any atom is -0.493 e. The van der Waals surface area contributed by atoms with Crippen LogP contribution in [0.15, 0.2) is 48.5 Å². The summed E-state index contributed by atoms with van der Waals surface area (Å²) >= 11 is 1.41. The van der Waals surface area contributed by atoms with Crippen molar-refractivity contribution in [2.24, 2.45) is 5.92 Å². The minimum absolute atomic E-state index is 0.123. The van der Waals surface area contributed by atoms with Gasteiger partial charge in [-0.05, 0) is 84.8 Å². The second-order valence-corrected chi connectivity index (χ2v) is 10.1. The highest BCUT2D eigenvalue weighted by atomic mass is 32.1. The lowest BCUT2D eigenvalue weighted by Gasteiger charge is -2.16. The number of rotatable bonds is 11. The van der Waals surface area contributed by atoms with Gasteiger partial charge in [-0.3, -0.25) is 9.59 Å². The normalized spacial score (nSPS) is 12.1. The summed E-state index contributed by atoms with van der Waals surface area (Å²) in [5.41, 5.74) is 3.61. The van der Waals surface area contributed by atoms with E-state index >= 15 is 0 Å². The minimum atomic E-state index is -4.73. The van der Waals surface area contributed by atoms with Crippen LogP contribution in [0.5, 0.6) is 11.5 Å². The summed E-state index contributed by atoms with van der Waals surface area (Å²) in [5, 5.41) is 2.71. The number of hydrogen-bond acceptors (Lipinski definition) is 6. The number of benzene rings is 2. The molecule has 204 valence electrons. The predicted molar refractivity (Wildman–Crippen MR) is 140 cm³/mol. The number of esters is 1. The standard InChI is InChI=1S/C28H30F3NO5S/c1-17(13-23-9-10-24(38-23)27(34)32-12-11-25(33)35-4)16-36-22-14-18(2)26(19(3)15-22)20-5-7-21(8-6-20)37-28(29,30)31/h5-10,14-15,17H,11-13,16H2,1-4H3,(H,32,34). The molecule has 38 heavy (non-hydrogen) atoms. The van der Waals surface area contributed by atoms with Crippen molar-refractivity contribution in [2.75, 3.05) is 20.3 Å². The van der Waals surface area contributed by atoms with Crippen molar-refractivity contribution in [3.05, 3.63) is 69.4 Å². The Bertz CT molecular complexity index is 1230. The highest BCUT2D eigenvalue weighted by molar-refractivity contribution is 7.14. The van der Waals surface area contributed by atoms with Crippen LogP contribution in [0.25, 0.3) is 11.1 Å². The van der Waals surface area contributed by atoms with Crippen LogP contribution in [-0.2, 0) is 16.0 Å². The first-order chi connectivity index (χ1) is 17.9. The number of thiophene rings is 1. The van der Waals surface area contributed by atoms with Crippen LogP contribution in [0.2, 0.25) is 0 Å². The smallest absolute Gasteiger partial charge is 0.493 e. The van der Waals surface area contributed by atoms with Gasteiger partial charge in [0.15, 0.2) is 0 Å². The van der Waals surface area contributed by atoms with Gasteiger partial charge in [0.1, 0.15) is 11.5 Å². The number of ether oxygens (including phenoxy) is 3. The third-order valence-electron chi connectivity index (χ3n) is 5.69. The quantitative estimate of drug-likeness (QED) is 0.277. The molecule has 3 rings (SSSR count). The molecule has 1 aromatic heterocycles. The molecule has 2 aromatic carbocycles. The highest BCUT2D eigenvalue weighted by Crippen LogP contribution is 2.33. The fourth-order valence-electron chi connectivity index (χ4n) is 4.00. The van der Waals surface area contributed by atoms with Crippen molar-refractivity contribution in [1.82, 2.24) is 5.32 Å². The van der Waals surface area contributed by atoms with E-state index in [2.05, 4.69) is 21.7 Å². The van der Waals surface area contributed by atoms with Crippen LogP contribution in [0.3, 0.4) is 0 Å². The summed E-state index contributed by atoms with van der Waals surface area (Å²) in [7, 11) is 1.31. The van der Waals surface area contributed by atoms with E-state index in [0.717, 1.165) is 33.6 Å². The Kier molecular flexibility index (Phi) is 9.79. The molecule has 0 aliphatic rings. The Morgan fingerprint density at radius 3 is 2.26 bits per heavy atom. The number of carbonyl (C=O) groups is 2. The van der Waals surface area contributed by atoms with Gasteiger partial charge in [-0.2, -0.15) is 0 Å². The molecule has 10 heteroatoms. The molecule has 0 saturated heterocycles. The van der Waals surface area contributed by atoms with Gasteiger partial charge < -0.3 is 19.5 Å². The number of alkyl halides is 3. The number of halogens is 3. The SMILES string of the molecule is COC(=O)CCNC(=O)c1ccc(CC(C)COc2cc(C)c(-c3ccc(OC(F)(F)F)cc3)c(C)c2)s1. The molecule has 0 aliphatic carbocycles. The van der Waals surface area contributed by atoms with Gasteiger partial charge in [0.2, 0.25) is 0 Å². The third kappa shape index (κ3) is 8.51. The molecule has 0 radical (unpaired) electrons. The van der Waals surface area contributed by atoms with E-state index in [0.29, 0.717) is 17.2 Å². The topological polar surface area (TPSA) is 73.9 Å². The fourth-order valence-corrected chi connectivity index (χ4v) is 5.09. The van der Waals surface area contributed by atoms with Crippen LogP contribution in [0, 0.1) is 19.8 Å². The van der Waals surface area contributed by atoms with Crippen LogP contribution in [-0.4, -0.2) is 38.5 Å². The van der Waals surface area contributed by atoms with Crippen LogP contribution < -0.4 is 14.8 Å². The zero-order valence-corrected chi connectivity index (χ0v) is 22.4. The Morgan fingerprint density at radius 1 is 1.00 bits per heavy atom. The molecule has 0 bridgehead atoms. The number of methoxy groups -OCH3 is 1. The third-order valence-corrected chi connectivity index (χ3v) is 6.80. The largest absolute Gasteiger partial charge is 0.573 e. The van der Waals surface area contributed by atoms with Gasteiger partial charge in [-0.1, -0.05) is 19.1 Å². The van der Waals surface area contributed by atoms with E-state index in [4.69, 9.17) is 4.74 Å². The molecule has 3 aromatic rings. The summed E-state index contributed by atoms with van der Waals surface area (Å²) in [6, 6.07) is 13.3. The molecule has 1 atom stereocenters. The lowest BCUT2D eigenvalue weighted by molar-refractivity contribution is -0.274. The summed E-state index contributed by atoms with van der Waals surface area (Å²) < 4.78 is 51.9. The average molecular weight is 550 g/mol. The number of hydrogen-bond donors (Lipinski definition) is 1. The lowest BCUT2D eigenvalue weighted by atomic mass is 9.95. The van der Waals surface area contributed by atoms with Crippen molar-refractivity contribution < 1.29 is 37.0 Å². The van der Waals surface area contributed by atoms with Gasteiger partial charge in [0, 0.05) is 11.4 Å². The van der Waals surface area contributed by atoms with E-state index in [1.165, 1.54) is 30.6 Å². The molecule has 1 amide bonds. The first-order valence-corrected chi connectivity index (χ1v) is 12.8. The van der Waals surface area contributed by atoms with Crippen molar-refractivity contribution in [1.29, 1.82) is 0 Å². The highest BCUT2D eigenvalue weighted by Gasteiger charge is 2.31. The van der Waals surface area contributed by atoms with Crippen molar-refractivity contribution >= 4 is 23.2 Å². The summed E-state index contributed by atoms with van der Waals surface area (Å²) in [4.78, 5) is 25.1. The first kappa shape index (κ1) is 29.0. The van der Waals surface area contributed by atoms with Gasteiger partial charge in [0.05, 0.1) is 25.0 Å². The van der Waals surface area contributed by atoms with E-state index in [-0.39, 0.29) is 36.5 Å². The maximum absolute atomic E-state index is 12.4. The monoisotopic (exact) mass is 549 g/mol. The van der Waals surface area contributed by atoms with Gasteiger partial charge >= 0.3 is 12.3 Å². The summed E-state index contributed by atoms with van der Waals surface area (Å²) in [5.74, 6) is 0.0413. The molecular weight excluding hydrogens is 519 g/mol. The van der Waals surface area contributed by atoms with Gasteiger partial charge in [0.25, 0.3) is 5.91 Å². The zero-order valence-electron chi connectivity index (χ0n) is 21.6. The number of carbonyl (C=O) groups excluding carboxylic acids is 2. The zero-order chi connectivity index (χ0) is 27.9. The van der Waals surface area contributed by atoms with Gasteiger partial charge in [-0.25, -0.2) is 0 Å². The Balaban J connectivity index is 1.55. The molecule has 0 aliphatic heterocycles. The number of amides is 1. The van der Waals surface area contributed by atoms with Crippen molar-refractivity contribution in [2.45, 2.75) is 40.0 Å². The first-order valence-electron chi connectivity index (χ1n) is 12.0. The van der Waals surface area contributed by atoms with Crippen molar-refractivity contribution in [3.8, 4) is 22.6 Å². The van der Waals surface area contributed by atoms with E-state index in [1.54, 1.807) is 18.2 Å². The fraction of sp³-hybridized carbons (Fsp3) is 0.357. The average Bonchev–Trinajstić information content (AvgIpc) is 3.31. The molecule has 6 nitrogen and oxygen atoms in total. The molecule has 1 heterocycles. The summed E-state index contributed by atoms with van der Waals surface area (Å²) in [6.07, 6.45) is -3.86. The maximum Gasteiger partial charge on any atom is 0.573 e. The van der Waals surface area contributed by atoms with Crippen LogP contribution >= 0.6 is 11.3 Å². The Morgan fingerprint density at radius 2 is 1.66 bits per heavy atom.